The first-order valence-electron chi connectivity index (χ1n) is 6.00. The van der Waals surface area contributed by atoms with E-state index in [1.54, 1.807) is 0 Å². The van der Waals surface area contributed by atoms with Crippen molar-refractivity contribution in [2.75, 3.05) is 46.0 Å². The topological polar surface area (TPSA) is 50.8 Å². The summed E-state index contributed by atoms with van der Waals surface area (Å²) in [5.41, 5.74) is -0.0899. The average molecular weight is 226 g/mol. The molecule has 3 rings (SSSR count). The summed E-state index contributed by atoms with van der Waals surface area (Å²) in [7, 11) is 0. The molecule has 0 aromatic carbocycles. The highest BCUT2D eigenvalue weighted by molar-refractivity contribution is 5.79. The van der Waals surface area contributed by atoms with E-state index in [2.05, 4.69) is 5.32 Å². The summed E-state index contributed by atoms with van der Waals surface area (Å²) in [5, 5.41) is 3.21. The summed E-state index contributed by atoms with van der Waals surface area (Å²) in [6.07, 6.45) is 0.876. The van der Waals surface area contributed by atoms with Gasteiger partial charge in [0.15, 0.2) is 0 Å². The molecule has 16 heavy (non-hydrogen) atoms. The van der Waals surface area contributed by atoms with E-state index in [0.29, 0.717) is 13.2 Å². The van der Waals surface area contributed by atoms with E-state index in [9.17, 15) is 4.79 Å². The average Bonchev–Trinajstić information content (AvgIpc) is 2.79. The molecule has 0 aromatic heterocycles. The van der Waals surface area contributed by atoms with Crippen LogP contribution >= 0.6 is 0 Å². The molecule has 5 heteroatoms. The van der Waals surface area contributed by atoms with Gasteiger partial charge in [-0.1, -0.05) is 0 Å². The molecule has 90 valence electrons. The Morgan fingerprint density at radius 3 is 2.88 bits per heavy atom. The smallest absolute Gasteiger partial charge is 0.228 e. The van der Waals surface area contributed by atoms with Crippen molar-refractivity contribution in [2.24, 2.45) is 5.92 Å². The molecule has 1 atom stereocenters. The number of carbonyl (C=O) groups excluding carboxylic acids is 1. The second kappa shape index (κ2) is 3.98. The van der Waals surface area contributed by atoms with Gasteiger partial charge in [0.1, 0.15) is 5.60 Å². The second-order valence-corrected chi connectivity index (χ2v) is 4.96. The van der Waals surface area contributed by atoms with Crippen LogP contribution in [0.15, 0.2) is 0 Å². The maximum Gasteiger partial charge on any atom is 0.228 e. The van der Waals surface area contributed by atoms with Gasteiger partial charge in [-0.2, -0.15) is 0 Å². The van der Waals surface area contributed by atoms with E-state index < -0.39 is 0 Å². The molecule has 3 heterocycles. The van der Waals surface area contributed by atoms with E-state index in [4.69, 9.17) is 9.47 Å². The third-order valence-corrected chi connectivity index (χ3v) is 3.73. The number of nitrogens with one attached hydrogen (secondary N) is 1. The Morgan fingerprint density at radius 2 is 2.25 bits per heavy atom. The SMILES string of the molecule is O=C([C@H]1CCOC1)N1CCOC2(CNC2)C1. The maximum atomic E-state index is 12.2. The Hall–Kier alpha value is -0.650. The van der Waals surface area contributed by atoms with Crippen molar-refractivity contribution in [1.82, 2.24) is 10.2 Å². The molecule has 0 saturated carbocycles. The minimum absolute atomic E-state index is 0.0863. The van der Waals surface area contributed by atoms with Gasteiger partial charge in [-0.3, -0.25) is 4.79 Å². The number of hydrogen-bond acceptors (Lipinski definition) is 4. The Morgan fingerprint density at radius 1 is 1.38 bits per heavy atom. The zero-order valence-electron chi connectivity index (χ0n) is 9.41. The summed E-state index contributed by atoms with van der Waals surface area (Å²) >= 11 is 0. The first-order valence-corrected chi connectivity index (χ1v) is 6.00. The normalized spacial score (nSPS) is 32.8. The fraction of sp³-hybridized carbons (Fsp3) is 0.909. The third kappa shape index (κ3) is 1.73. The molecular weight excluding hydrogens is 208 g/mol. The number of morpholine rings is 1. The number of rotatable bonds is 1. The van der Waals surface area contributed by atoms with Crippen molar-refractivity contribution in [3.8, 4) is 0 Å². The summed E-state index contributed by atoms with van der Waals surface area (Å²) in [5.74, 6) is 0.343. The molecule has 3 saturated heterocycles. The lowest BCUT2D eigenvalue weighted by atomic mass is 9.94. The highest BCUT2D eigenvalue weighted by atomic mass is 16.5. The van der Waals surface area contributed by atoms with Gasteiger partial charge in [-0.15, -0.1) is 0 Å². The van der Waals surface area contributed by atoms with E-state index in [0.717, 1.165) is 39.2 Å². The lowest BCUT2D eigenvalue weighted by Gasteiger charge is -2.49. The number of amides is 1. The molecule has 0 aromatic rings. The van der Waals surface area contributed by atoms with Crippen molar-refractivity contribution >= 4 is 5.91 Å². The molecule has 3 aliphatic heterocycles. The number of ether oxygens (including phenoxy) is 2. The minimum atomic E-state index is -0.0899. The zero-order chi connectivity index (χ0) is 11.0. The fourth-order valence-electron chi connectivity index (χ4n) is 2.64. The molecule has 1 N–H and O–H groups in total. The molecular formula is C11H18N2O3. The van der Waals surface area contributed by atoms with Gasteiger partial charge in [-0.05, 0) is 6.42 Å². The van der Waals surface area contributed by atoms with Gasteiger partial charge in [0.25, 0.3) is 0 Å². The predicted octanol–water partition coefficient (Wildman–Crippen LogP) is -0.776. The number of nitrogens with zero attached hydrogens (tertiary/aromatic N) is 1. The minimum Gasteiger partial charge on any atom is -0.381 e. The quantitative estimate of drug-likeness (QED) is 0.637. The van der Waals surface area contributed by atoms with Crippen molar-refractivity contribution in [1.29, 1.82) is 0 Å². The van der Waals surface area contributed by atoms with Gasteiger partial charge in [0, 0.05) is 26.2 Å². The van der Waals surface area contributed by atoms with Crippen LogP contribution in [0.2, 0.25) is 0 Å². The van der Waals surface area contributed by atoms with Gasteiger partial charge < -0.3 is 19.7 Å². The van der Waals surface area contributed by atoms with Crippen molar-refractivity contribution in [3.63, 3.8) is 0 Å². The molecule has 5 nitrogen and oxygen atoms in total. The van der Waals surface area contributed by atoms with Crippen molar-refractivity contribution in [3.05, 3.63) is 0 Å². The van der Waals surface area contributed by atoms with Crippen molar-refractivity contribution in [2.45, 2.75) is 12.0 Å². The molecule has 1 spiro atoms. The molecule has 0 radical (unpaired) electrons. The molecule has 1 amide bonds. The van der Waals surface area contributed by atoms with Gasteiger partial charge >= 0.3 is 0 Å². The summed E-state index contributed by atoms with van der Waals surface area (Å²) in [6, 6.07) is 0. The Labute approximate surface area is 95.1 Å². The van der Waals surface area contributed by atoms with Gasteiger partial charge in [0.05, 0.1) is 25.7 Å². The Balaban J connectivity index is 1.63. The Bertz CT molecular complexity index is 285. The van der Waals surface area contributed by atoms with Crippen molar-refractivity contribution < 1.29 is 14.3 Å². The lowest BCUT2D eigenvalue weighted by Crippen LogP contribution is -2.69. The molecule has 3 fully saturated rings. The zero-order valence-corrected chi connectivity index (χ0v) is 9.41. The van der Waals surface area contributed by atoms with E-state index in [-0.39, 0.29) is 17.4 Å². The van der Waals surface area contributed by atoms with Crippen LogP contribution in [0, 0.1) is 5.92 Å². The predicted molar refractivity (Wildman–Crippen MR) is 57.1 cm³/mol. The maximum absolute atomic E-state index is 12.2. The van der Waals surface area contributed by atoms with Crippen LogP contribution in [0.3, 0.4) is 0 Å². The van der Waals surface area contributed by atoms with E-state index >= 15 is 0 Å². The summed E-state index contributed by atoms with van der Waals surface area (Å²) in [6.45, 7) is 5.22. The largest absolute Gasteiger partial charge is 0.381 e. The monoisotopic (exact) mass is 226 g/mol. The molecule has 3 aliphatic rings. The van der Waals surface area contributed by atoms with Gasteiger partial charge in [0.2, 0.25) is 5.91 Å². The van der Waals surface area contributed by atoms with Crippen LogP contribution in [0.25, 0.3) is 0 Å². The number of carbonyl (C=O) groups is 1. The van der Waals surface area contributed by atoms with E-state index in [1.165, 1.54) is 0 Å². The van der Waals surface area contributed by atoms with Crippen LogP contribution in [0.1, 0.15) is 6.42 Å². The van der Waals surface area contributed by atoms with Crippen LogP contribution in [0.4, 0.5) is 0 Å². The van der Waals surface area contributed by atoms with Crippen LogP contribution < -0.4 is 5.32 Å². The molecule has 0 unspecified atom stereocenters. The molecule has 0 bridgehead atoms. The highest BCUT2D eigenvalue weighted by Crippen LogP contribution is 2.24. The lowest BCUT2D eigenvalue weighted by molar-refractivity contribution is -0.162. The molecule has 0 aliphatic carbocycles. The summed E-state index contributed by atoms with van der Waals surface area (Å²) < 4.78 is 11.0. The van der Waals surface area contributed by atoms with E-state index in [1.807, 2.05) is 4.90 Å². The first kappa shape index (κ1) is 10.5. The second-order valence-electron chi connectivity index (χ2n) is 4.96. The van der Waals surface area contributed by atoms with Crippen LogP contribution in [0.5, 0.6) is 0 Å². The fourth-order valence-corrected chi connectivity index (χ4v) is 2.64. The third-order valence-electron chi connectivity index (χ3n) is 3.73. The Kier molecular flexibility index (Phi) is 2.61. The first-order chi connectivity index (χ1) is 7.79. The standard InChI is InChI=1S/C11H18N2O3/c14-10(9-1-3-15-5-9)13-2-4-16-11(8-13)6-12-7-11/h9,12H,1-8H2/t9-/m0/s1. The highest BCUT2D eigenvalue weighted by Gasteiger charge is 2.44. The van der Waals surface area contributed by atoms with Crippen LogP contribution in [-0.2, 0) is 14.3 Å². The van der Waals surface area contributed by atoms with Crippen LogP contribution in [-0.4, -0.2) is 62.4 Å². The number of hydrogen-bond donors (Lipinski definition) is 1. The summed E-state index contributed by atoms with van der Waals surface area (Å²) in [4.78, 5) is 14.2. The van der Waals surface area contributed by atoms with Gasteiger partial charge in [-0.25, -0.2) is 0 Å².